The number of nitrogens with zero attached hydrogens (tertiary/aromatic N) is 3. The van der Waals surface area contributed by atoms with Gasteiger partial charge in [-0.3, -0.25) is 14.6 Å². The van der Waals surface area contributed by atoms with E-state index in [0.29, 0.717) is 13.0 Å². The van der Waals surface area contributed by atoms with Crippen LogP contribution in [0.2, 0.25) is 0 Å². The van der Waals surface area contributed by atoms with Crippen molar-refractivity contribution in [2.24, 2.45) is 15.9 Å². The first-order valence-corrected chi connectivity index (χ1v) is 7.33. The minimum atomic E-state index is -0.806. The van der Waals surface area contributed by atoms with Crippen LogP contribution in [0.4, 0.5) is 0 Å². The van der Waals surface area contributed by atoms with Crippen LogP contribution in [0, 0.1) is 5.41 Å². The molecule has 8 nitrogen and oxygen atoms in total. The fraction of sp³-hybridized carbons (Fsp3) is 0.857. The standard InChI is InChI=1S/C14H27N3O5/c1-11(21-13(20)14(2,3)4)22-16-15-17(5)10-8-6-7-9-12(18)19/h11H,6-10H2,1-5H3,(H,18,19)/b16-15-. The summed E-state index contributed by atoms with van der Waals surface area (Å²) < 4.78 is 5.04. The Balaban J connectivity index is 3.82. The van der Waals surface area contributed by atoms with Crippen LogP contribution in [0.5, 0.6) is 0 Å². The average Bonchev–Trinajstić information content (AvgIpc) is 2.36. The Hall–Kier alpha value is -1.86. The molecule has 0 aliphatic heterocycles. The Kier molecular flexibility index (Phi) is 9.12. The zero-order valence-electron chi connectivity index (χ0n) is 14.0. The van der Waals surface area contributed by atoms with Crippen molar-refractivity contribution < 1.29 is 24.3 Å². The molecule has 0 amide bonds. The van der Waals surface area contributed by atoms with Gasteiger partial charge >= 0.3 is 11.9 Å². The topological polar surface area (TPSA) is 101 Å². The van der Waals surface area contributed by atoms with E-state index in [2.05, 4.69) is 10.5 Å². The molecule has 0 aromatic carbocycles. The Morgan fingerprint density at radius 1 is 1.23 bits per heavy atom. The zero-order valence-corrected chi connectivity index (χ0v) is 14.0. The summed E-state index contributed by atoms with van der Waals surface area (Å²) in [5.41, 5.74) is -0.596. The second-order valence-electron chi connectivity index (χ2n) is 6.09. The highest BCUT2D eigenvalue weighted by Crippen LogP contribution is 2.16. The van der Waals surface area contributed by atoms with Crippen LogP contribution >= 0.6 is 0 Å². The maximum Gasteiger partial charge on any atom is 0.314 e. The van der Waals surface area contributed by atoms with Gasteiger partial charge in [-0.25, -0.2) is 0 Å². The quantitative estimate of drug-likeness (QED) is 0.218. The summed E-state index contributed by atoms with van der Waals surface area (Å²) in [6, 6.07) is 0. The van der Waals surface area contributed by atoms with Gasteiger partial charge in [-0.15, -0.1) is 0 Å². The third-order valence-corrected chi connectivity index (χ3v) is 2.64. The van der Waals surface area contributed by atoms with Crippen molar-refractivity contribution in [2.45, 2.75) is 59.7 Å². The molecule has 0 bridgehead atoms. The molecular formula is C14H27N3O5. The molecule has 0 aliphatic rings. The molecule has 0 saturated heterocycles. The predicted molar refractivity (Wildman–Crippen MR) is 79.7 cm³/mol. The lowest BCUT2D eigenvalue weighted by atomic mass is 9.97. The molecule has 0 heterocycles. The molecule has 0 saturated carbocycles. The molecule has 128 valence electrons. The number of carbonyl (C=O) groups excluding carboxylic acids is 1. The molecule has 0 aliphatic carbocycles. The first-order valence-electron chi connectivity index (χ1n) is 7.33. The van der Waals surface area contributed by atoms with Crippen LogP contribution in [0.25, 0.3) is 0 Å². The monoisotopic (exact) mass is 317 g/mol. The normalized spacial score (nSPS) is 13.0. The number of carbonyl (C=O) groups is 2. The van der Waals surface area contributed by atoms with E-state index < -0.39 is 17.7 Å². The summed E-state index contributed by atoms with van der Waals surface area (Å²) in [6.45, 7) is 7.46. The van der Waals surface area contributed by atoms with Gasteiger partial charge < -0.3 is 14.7 Å². The summed E-state index contributed by atoms with van der Waals surface area (Å²) in [7, 11) is 1.73. The van der Waals surface area contributed by atoms with Gasteiger partial charge in [-0.1, -0.05) is 6.42 Å². The van der Waals surface area contributed by atoms with E-state index in [4.69, 9.17) is 14.7 Å². The number of rotatable bonds is 10. The van der Waals surface area contributed by atoms with E-state index >= 15 is 0 Å². The lowest BCUT2D eigenvalue weighted by Gasteiger charge is -2.19. The maximum atomic E-state index is 11.6. The number of aliphatic carboxylic acids is 1. The fourth-order valence-electron chi connectivity index (χ4n) is 1.34. The van der Waals surface area contributed by atoms with Gasteiger partial charge in [-0.05, 0) is 38.8 Å². The predicted octanol–water partition coefficient (Wildman–Crippen LogP) is 2.80. The molecule has 1 N–H and O–H groups in total. The van der Waals surface area contributed by atoms with Gasteiger partial charge in [0.05, 0.1) is 5.41 Å². The van der Waals surface area contributed by atoms with E-state index in [-0.39, 0.29) is 12.4 Å². The maximum absolute atomic E-state index is 11.6. The molecule has 0 aromatic rings. The minimum Gasteiger partial charge on any atom is -0.481 e. The van der Waals surface area contributed by atoms with E-state index in [1.165, 1.54) is 0 Å². The first kappa shape index (κ1) is 20.1. The lowest BCUT2D eigenvalue weighted by molar-refractivity contribution is -0.186. The summed E-state index contributed by atoms with van der Waals surface area (Å²) in [4.78, 5) is 26.9. The van der Waals surface area contributed by atoms with Gasteiger partial charge in [0.1, 0.15) is 0 Å². The van der Waals surface area contributed by atoms with Crippen molar-refractivity contribution in [2.75, 3.05) is 13.6 Å². The zero-order chi connectivity index (χ0) is 17.2. The molecule has 22 heavy (non-hydrogen) atoms. The number of esters is 1. The van der Waals surface area contributed by atoms with Crippen LogP contribution in [0.15, 0.2) is 10.5 Å². The number of carboxylic acid groups (broad SMARTS) is 1. The summed E-state index contributed by atoms with van der Waals surface area (Å²) in [5.74, 6) is -1.15. The van der Waals surface area contributed by atoms with Crippen molar-refractivity contribution >= 4 is 11.9 Å². The SMILES string of the molecule is CC(O/N=N\N(C)CCCCCC(=O)O)OC(=O)C(C)(C)C. The Morgan fingerprint density at radius 2 is 1.86 bits per heavy atom. The van der Waals surface area contributed by atoms with Crippen molar-refractivity contribution in [1.29, 1.82) is 0 Å². The molecule has 0 rings (SSSR count). The minimum absolute atomic E-state index is 0.186. The Bertz CT molecular complexity index is 379. The smallest absolute Gasteiger partial charge is 0.314 e. The van der Waals surface area contributed by atoms with Crippen LogP contribution in [-0.4, -0.2) is 41.9 Å². The highest BCUT2D eigenvalue weighted by atomic mass is 16.8. The molecule has 0 fully saturated rings. The van der Waals surface area contributed by atoms with Crippen LogP contribution < -0.4 is 0 Å². The third kappa shape index (κ3) is 10.9. The first-order chi connectivity index (χ1) is 10.1. The second-order valence-corrected chi connectivity index (χ2v) is 6.09. The summed E-state index contributed by atoms with van der Waals surface area (Å²) in [5, 5.41) is 17.4. The molecule has 8 heteroatoms. The number of hydrogen-bond acceptors (Lipinski definition) is 6. The van der Waals surface area contributed by atoms with Crippen LogP contribution in [0.1, 0.15) is 53.4 Å². The van der Waals surface area contributed by atoms with Crippen LogP contribution in [0.3, 0.4) is 0 Å². The molecule has 1 atom stereocenters. The molecular weight excluding hydrogens is 290 g/mol. The van der Waals surface area contributed by atoms with Gasteiger partial charge in [-0.2, -0.15) is 0 Å². The average molecular weight is 317 g/mol. The van der Waals surface area contributed by atoms with Crippen molar-refractivity contribution in [3.05, 3.63) is 0 Å². The molecule has 0 radical (unpaired) electrons. The largest absolute Gasteiger partial charge is 0.481 e. The number of ether oxygens (including phenoxy) is 1. The van der Waals surface area contributed by atoms with Crippen LogP contribution in [-0.2, 0) is 19.2 Å². The van der Waals surface area contributed by atoms with Crippen molar-refractivity contribution in [3.63, 3.8) is 0 Å². The molecule has 0 aromatic heterocycles. The van der Waals surface area contributed by atoms with E-state index in [1.54, 1.807) is 39.8 Å². The highest BCUT2D eigenvalue weighted by molar-refractivity contribution is 5.75. The Morgan fingerprint density at radius 3 is 2.41 bits per heavy atom. The van der Waals surface area contributed by atoms with Gasteiger partial charge in [0.25, 0.3) is 6.29 Å². The highest BCUT2D eigenvalue weighted by Gasteiger charge is 2.25. The summed E-state index contributed by atoms with van der Waals surface area (Å²) >= 11 is 0. The summed E-state index contributed by atoms with van der Waals surface area (Å²) in [6.07, 6.45) is 1.66. The van der Waals surface area contributed by atoms with Gasteiger partial charge in [0.2, 0.25) is 0 Å². The fourth-order valence-corrected chi connectivity index (χ4v) is 1.34. The number of carboxylic acids is 1. The second kappa shape index (κ2) is 9.97. The van der Waals surface area contributed by atoms with E-state index in [0.717, 1.165) is 12.8 Å². The lowest BCUT2D eigenvalue weighted by Crippen LogP contribution is -2.27. The Labute approximate surface area is 131 Å². The van der Waals surface area contributed by atoms with Gasteiger partial charge in [0.15, 0.2) is 0 Å². The van der Waals surface area contributed by atoms with Crippen molar-refractivity contribution in [3.8, 4) is 0 Å². The number of unbranched alkanes of at least 4 members (excludes halogenated alkanes) is 2. The van der Waals surface area contributed by atoms with E-state index in [1.807, 2.05) is 0 Å². The third-order valence-electron chi connectivity index (χ3n) is 2.64. The number of hydrogen-bond donors (Lipinski definition) is 1. The van der Waals surface area contributed by atoms with Gasteiger partial charge in [0, 0.05) is 32.2 Å². The molecule has 1 unspecified atom stereocenters. The van der Waals surface area contributed by atoms with E-state index in [9.17, 15) is 9.59 Å². The molecule has 0 spiro atoms. The van der Waals surface area contributed by atoms with Crippen molar-refractivity contribution in [1.82, 2.24) is 5.01 Å².